The maximum Gasteiger partial charge on any atom is 0.211 e. The van der Waals surface area contributed by atoms with Crippen LogP contribution in [-0.2, 0) is 11.2 Å². The fourth-order valence-corrected chi connectivity index (χ4v) is 2.18. The van der Waals surface area contributed by atoms with Crippen LogP contribution < -0.4 is 0 Å². The van der Waals surface area contributed by atoms with E-state index in [0.717, 1.165) is 0 Å². The van der Waals surface area contributed by atoms with Gasteiger partial charge in [-0.15, -0.1) is 0 Å². The predicted octanol–water partition coefficient (Wildman–Crippen LogP) is 4.21. The van der Waals surface area contributed by atoms with Crippen LogP contribution in [0.5, 0.6) is 0 Å². The highest BCUT2D eigenvalue weighted by molar-refractivity contribution is 6.36. The zero-order valence-electron chi connectivity index (χ0n) is 10.2. The highest BCUT2D eigenvalue weighted by Gasteiger charge is 2.04. The molecular formula is C15H8Cl3NO. The molecule has 100 valence electrons. The Morgan fingerprint density at radius 3 is 2.35 bits per heavy atom. The molecule has 0 saturated carbocycles. The van der Waals surface area contributed by atoms with Crippen LogP contribution in [0.25, 0.3) is 0 Å². The number of rotatable bonds is 2. The Hall–Kier alpha value is -1.53. The summed E-state index contributed by atoms with van der Waals surface area (Å²) in [5, 5.41) is 1.18. The van der Waals surface area contributed by atoms with Gasteiger partial charge in [0.2, 0.25) is 5.78 Å². The molecule has 0 aliphatic carbocycles. The standard InChI is InChI=1S/C15H8Cl3NO/c16-13-4-2-5-14(17)12(13)8-7-11(20)9-10-3-1-6-15(18)19-10/h1-6H,9H2. The average Bonchev–Trinajstić information content (AvgIpc) is 2.38. The highest BCUT2D eigenvalue weighted by Crippen LogP contribution is 2.22. The molecule has 0 unspecified atom stereocenters. The van der Waals surface area contributed by atoms with Gasteiger partial charge in [-0.3, -0.25) is 4.79 Å². The van der Waals surface area contributed by atoms with E-state index < -0.39 is 0 Å². The summed E-state index contributed by atoms with van der Waals surface area (Å²) in [6.07, 6.45) is 0.0929. The normalized spacial score (nSPS) is 9.75. The Balaban J connectivity index is 2.15. The molecule has 1 aromatic heterocycles. The summed E-state index contributed by atoms with van der Waals surface area (Å²) in [7, 11) is 0. The number of carbonyl (C=O) groups is 1. The van der Waals surface area contributed by atoms with Crippen LogP contribution in [0.3, 0.4) is 0 Å². The number of hydrogen-bond donors (Lipinski definition) is 0. The zero-order valence-corrected chi connectivity index (χ0v) is 12.4. The molecule has 0 aliphatic heterocycles. The summed E-state index contributed by atoms with van der Waals surface area (Å²) in [6.45, 7) is 0. The Labute approximate surface area is 131 Å². The van der Waals surface area contributed by atoms with Crippen LogP contribution in [0.4, 0.5) is 0 Å². The van der Waals surface area contributed by atoms with Gasteiger partial charge in [0.05, 0.1) is 27.7 Å². The third-order valence-corrected chi connectivity index (χ3v) is 3.24. The van der Waals surface area contributed by atoms with Crippen LogP contribution in [-0.4, -0.2) is 10.8 Å². The number of nitrogens with zero attached hydrogens (tertiary/aromatic N) is 1. The van der Waals surface area contributed by atoms with Crippen LogP contribution in [0, 0.1) is 11.8 Å². The summed E-state index contributed by atoms with van der Waals surface area (Å²) in [4.78, 5) is 15.8. The van der Waals surface area contributed by atoms with E-state index in [1.54, 1.807) is 36.4 Å². The Morgan fingerprint density at radius 1 is 1.05 bits per heavy atom. The van der Waals surface area contributed by atoms with Gasteiger partial charge < -0.3 is 0 Å². The van der Waals surface area contributed by atoms with Gasteiger partial charge in [-0.25, -0.2) is 4.98 Å². The quantitative estimate of drug-likeness (QED) is 0.612. The Kier molecular flexibility index (Phi) is 5.03. The molecule has 2 nitrogen and oxygen atoms in total. The first-order valence-corrected chi connectivity index (χ1v) is 6.80. The lowest BCUT2D eigenvalue weighted by molar-refractivity contribution is -0.113. The third-order valence-electron chi connectivity index (χ3n) is 2.40. The first-order valence-electron chi connectivity index (χ1n) is 5.66. The molecule has 2 rings (SSSR count). The minimum Gasteiger partial charge on any atom is -0.284 e. The fraction of sp³-hybridized carbons (Fsp3) is 0.0667. The molecule has 1 heterocycles. The summed E-state index contributed by atoms with van der Waals surface area (Å²) in [5.74, 6) is 4.92. The highest BCUT2D eigenvalue weighted by atomic mass is 35.5. The van der Waals surface area contributed by atoms with Gasteiger partial charge in [0.15, 0.2) is 0 Å². The van der Waals surface area contributed by atoms with Crippen LogP contribution in [0.1, 0.15) is 11.3 Å². The van der Waals surface area contributed by atoms with Crippen molar-refractivity contribution in [2.45, 2.75) is 6.42 Å². The van der Waals surface area contributed by atoms with E-state index in [1.165, 1.54) is 0 Å². The van der Waals surface area contributed by atoms with E-state index in [-0.39, 0.29) is 12.2 Å². The maximum absolute atomic E-state index is 11.8. The van der Waals surface area contributed by atoms with Gasteiger partial charge in [-0.2, -0.15) is 0 Å². The van der Waals surface area contributed by atoms with Gasteiger partial charge in [-0.05, 0) is 30.2 Å². The van der Waals surface area contributed by atoms with Crippen LogP contribution in [0.2, 0.25) is 15.2 Å². The van der Waals surface area contributed by atoms with Crippen LogP contribution >= 0.6 is 34.8 Å². The van der Waals surface area contributed by atoms with Crippen molar-refractivity contribution < 1.29 is 4.79 Å². The van der Waals surface area contributed by atoms with Gasteiger partial charge >= 0.3 is 0 Å². The topological polar surface area (TPSA) is 30.0 Å². The van der Waals surface area contributed by atoms with Gasteiger partial charge in [0.25, 0.3) is 0 Å². The molecule has 2 aromatic rings. The molecule has 0 bridgehead atoms. The molecule has 5 heteroatoms. The van der Waals surface area contributed by atoms with E-state index in [1.807, 2.05) is 0 Å². The predicted molar refractivity (Wildman–Crippen MR) is 81.3 cm³/mol. The molecular weight excluding hydrogens is 317 g/mol. The molecule has 0 spiro atoms. The second-order valence-electron chi connectivity index (χ2n) is 3.90. The van der Waals surface area contributed by atoms with Crippen molar-refractivity contribution in [1.82, 2.24) is 4.98 Å². The Bertz CT molecular complexity index is 696. The molecule has 0 aliphatic rings. The molecule has 0 fully saturated rings. The van der Waals surface area contributed by atoms with E-state index in [2.05, 4.69) is 16.8 Å². The lowest BCUT2D eigenvalue weighted by atomic mass is 10.2. The molecule has 1 aromatic carbocycles. The molecule has 0 atom stereocenters. The van der Waals surface area contributed by atoms with Crippen LogP contribution in [0.15, 0.2) is 36.4 Å². The molecule has 0 amide bonds. The van der Waals surface area contributed by atoms with Crippen molar-refractivity contribution in [3.63, 3.8) is 0 Å². The smallest absolute Gasteiger partial charge is 0.211 e. The first kappa shape index (κ1) is 14.9. The number of benzene rings is 1. The number of pyridine rings is 1. The summed E-state index contributed by atoms with van der Waals surface area (Å²) >= 11 is 17.7. The first-order chi connectivity index (χ1) is 9.56. The number of aromatic nitrogens is 1. The Morgan fingerprint density at radius 2 is 1.70 bits per heavy atom. The van der Waals surface area contributed by atoms with Crippen molar-refractivity contribution >= 4 is 40.6 Å². The minimum atomic E-state index is -0.282. The van der Waals surface area contributed by atoms with Crippen molar-refractivity contribution in [2.24, 2.45) is 0 Å². The minimum absolute atomic E-state index is 0.0929. The molecule has 0 N–H and O–H groups in total. The van der Waals surface area contributed by atoms with Crippen molar-refractivity contribution in [2.75, 3.05) is 0 Å². The van der Waals surface area contributed by atoms with Gasteiger partial charge in [0.1, 0.15) is 5.15 Å². The third kappa shape index (κ3) is 3.98. The van der Waals surface area contributed by atoms with E-state index in [4.69, 9.17) is 34.8 Å². The maximum atomic E-state index is 11.8. The van der Waals surface area contributed by atoms with E-state index in [9.17, 15) is 4.79 Å². The van der Waals surface area contributed by atoms with Crippen molar-refractivity contribution in [3.8, 4) is 11.8 Å². The molecule has 0 saturated heterocycles. The molecule has 20 heavy (non-hydrogen) atoms. The molecule has 0 radical (unpaired) electrons. The van der Waals surface area contributed by atoms with Gasteiger partial charge in [-0.1, -0.05) is 52.9 Å². The zero-order chi connectivity index (χ0) is 14.5. The fourth-order valence-electron chi connectivity index (χ4n) is 1.51. The lowest BCUT2D eigenvalue weighted by Gasteiger charge is -1.98. The number of carbonyl (C=O) groups excluding carboxylic acids is 1. The second kappa shape index (κ2) is 6.76. The lowest BCUT2D eigenvalue weighted by Crippen LogP contribution is -2.01. The second-order valence-corrected chi connectivity index (χ2v) is 5.10. The summed E-state index contributed by atoms with van der Waals surface area (Å²) in [5.41, 5.74) is 1.02. The summed E-state index contributed by atoms with van der Waals surface area (Å²) in [6, 6.07) is 10.1. The monoisotopic (exact) mass is 323 g/mol. The summed E-state index contributed by atoms with van der Waals surface area (Å²) < 4.78 is 0. The van der Waals surface area contributed by atoms with E-state index in [0.29, 0.717) is 26.5 Å². The largest absolute Gasteiger partial charge is 0.284 e. The number of Topliss-reactive ketones (excluding diaryl/α,β-unsaturated/α-hetero) is 1. The average molecular weight is 325 g/mol. The number of halogens is 3. The SMILES string of the molecule is O=C(C#Cc1c(Cl)cccc1Cl)Cc1cccc(Cl)n1. The van der Waals surface area contributed by atoms with Gasteiger partial charge in [0, 0.05) is 0 Å². The van der Waals surface area contributed by atoms with Crippen molar-refractivity contribution in [1.29, 1.82) is 0 Å². The number of ketones is 1. The van der Waals surface area contributed by atoms with Crippen molar-refractivity contribution in [3.05, 3.63) is 62.9 Å². The number of hydrogen-bond acceptors (Lipinski definition) is 2. The van der Waals surface area contributed by atoms with E-state index >= 15 is 0 Å².